The summed E-state index contributed by atoms with van der Waals surface area (Å²) in [6.07, 6.45) is -6.88. The normalized spacial score (nSPS) is 23.2. The van der Waals surface area contributed by atoms with Crippen LogP contribution in [0.15, 0.2) is 48.5 Å². The van der Waals surface area contributed by atoms with Gasteiger partial charge in [-0.1, -0.05) is 31.2 Å². The van der Waals surface area contributed by atoms with E-state index in [1.807, 2.05) is 14.1 Å². The third-order valence-electron chi connectivity index (χ3n) is 6.65. The fourth-order valence-electron chi connectivity index (χ4n) is 4.69. The average Bonchev–Trinajstić information content (AvgIpc) is 3.08. The summed E-state index contributed by atoms with van der Waals surface area (Å²) >= 11 is 0. The Kier molecular flexibility index (Phi) is 7.31. The molecule has 1 fully saturated rings. The van der Waals surface area contributed by atoms with Crippen molar-refractivity contribution >= 4 is 18.5 Å². The first-order valence-corrected chi connectivity index (χ1v) is 12.0. The first-order chi connectivity index (χ1) is 14.8. The third kappa shape index (κ3) is 5.31. The first kappa shape index (κ1) is 25.0. The second-order valence-electron chi connectivity index (χ2n) is 8.87. The Bertz CT molecular complexity index is 831. The molecule has 0 bridgehead atoms. The van der Waals surface area contributed by atoms with Gasteiger partial charge in [-0.15, -0.1) is 0 Å². The van der Waals surface area contributed by atoms with Crippen molar-refractivity contribution in [3.63, 3.8) is 0 Å². The average molecular weight is 475 g/mol. The van der Waals surface area contributed by atoms with E-state index in [-0.39, 0.29) is 11.7 Å². The lowest BCUT2D eigenvalue weighted by molar-refractivity contribution is -0.138. The zero-order valence-electron chi connectivity index (χ0n) is 18.5. The molecule has 3 rings (SSSR count). The van der Waals surface area contributed by atoms with Crippen LogP contribution in [0.25, 0.3) is 0 Å². The van der Waals surface area contributed by atoms with E-state index in [0.29, 0.717) is 11.8 Å². The maximum atomic E-state index is 13.1. The highest BCUT2D eigenvalue weighted by molar-refractivity contribution is 7.73. The van der Waals surface area contributed by atoms with Gasteiger partial charge in [-0.3, -0.25) is 0 Å². The number of benzene rings is 2. The molecule has 176 valence electrons. The molecule has 1 aliphatic rings. The summed E-state index contributed by atoms with van der Waals surface area (Å²) in [4.78, 5) is 2.14. The number of alkyl halides is 6. The van der Waals surface area contributed by atoms with Crippen molar-refractivity contribution in [3.8, 4) is 0 Å². The Balaban J connectivity index is 2.09. The molecule has 1 aliphatic carbocycles. The molecule has 0 aromatic heterocycles. The zero-order valence-corrected chi connectivity index (χ0v) is 19.4. The second-order valence-corrected chi connectivity index (χ2v) is 11.2. The van der Waals surface area contributed by atoms with Gasteiger partial charge >= 0.3 is 12.4 Å². The molecule has 1 nitrogen and oxygen atoms in total. The van der Waals surface area contributed by atoms with E-state index >= 15 is 0 Å². The van der Waals surface area contributed by atoms with E-state index in [1.54, 1.807) is 0 Å². The van der Waals surface area contributed by atoms with Gasteiger partial charge in [0.2, 0.25) is 0 Å². The quantitative estimate of drug-likeness (QED) is 0.352. The smallest absolute Gasteiger partial charge is 0.306 e. The molecule has 0 N–H and O–H groups in total. The Morgan fingerprint density at radius 3 is 1.53 bits per heavy atom. The molecular weight excluding hydrogens is 447 g/mol. The van der Waals surface area contributed by atoms with E-state index in [1.165, 1.54) is 24.3 Å². The zero-order chi connectivity index (χ0) is 23.8. The van der Waals surface area contributed by atoms with Crippen LogP contribution in [-0.4, -0.2) is 30.7 Å². The Morgan fingerprint density at radius 1 is 0.781 bits per heavy atom. The minimum absolute atomic E-state index is 0.163. The van der Waals surface area contributed by atoms with Crippen LogP contribution in [0.1, 0.15) is 37.8 Å². The van der Waals surface area contributed by atoms with Crippen LogP contribution in [0.2, 0.25) is 0 Å². The van der Waals surface area contributed by atoms with Crippen LogP contribution in [0.3, 0.4) is 0 Å². The van der Waals surface area contributed by atoms with Gasteiger partial charge in [0.1, 0.15) is 0 Å². The SMILES string of the molecule is C[C@H](C1CC[C@H](C)C1P(c1ccc(C(F)(F)F)cc1)c1ccc(C(F)(F)F)cc1)N(C)C. The predicted octanol–water partition coefficient (Wildman–Crippen LogP) is 6.52. The lowest BCUT2D eigenvalue weighted by Crippen LogP contribution is -2.39. The fraction of sp³-hybridized carbons (Fsp3) is 0.500. The summed E-state index contributed by atoms with van der Waals surface area (Å²) < 4.78 is 78.7. The van der Waals surface area contributed by atoms with E-state index in [2.05, 4.69) is 18.7 Å². The van der Waals surface area contributed by atoms with Gasteiger partial charge in [0, 0.05) is 6.04 Å². The van der Waals surface area contributed by atoms with Crippen LogP contribution in [0.5, 0.6) is 0 Å². The molecule has 0 spiro atoms. The fourth-order valence-corrected chi connectivity index (χ4v) is 8.06. The van der Waals surface area contributed by atoms with Crippen molar-refractivity contribution in [1.82, 2.24) is 4.90 Å². The largest absolute Gasteiger partial charge is 0.416 e. The summed E-state index contributed by atoms with van der Waals surface area (Å²) in [6, 6.07) is 10.6. The molecule has 1 saturated carbocycles. The van der Waals surface area contributed by atoms with E-state index < -0.39 is 31.4 Å². The number of nitrogens with zero attached hydrogens (tertiary/aromatic N) is 1. The molecule has 0 saturated heterocycles. The predicted molar refractivity (Wildman–Crippen MR) is 118 cm³/mol. The van der Waals surface area contributed by atoms with E-state index in [9.17, 15) is 26.3 Å². The van der Waals surface area contributed by atoms with Gasteiger partial charge in [0.15, 0.2) is 0 Å². The Labute approximate surface area is 186 Å². The summed E-state index contributed by atoms with van der Waals surface area (Å²) in [5.74, 6) is 0.619. The summed E-state index contributed by atoms with van der Waals surface area (Å²) in [5.41, 5.74) is -1.28. The molecule has 0 radical (unpaired) electrons. The van der Waals surface area contributed by atoms with Crippen LogP contribution in [-0.2, 0) is 12.4 Å². The minimum Gasteiger partial charge on any atom is -0.306 e. The second kappa shape index (κ2) is 9.34. The lowest BCUT2D eigenvalue weighted by Gasteiger charge is -2.38. The molecule has 2 aromatic carbocycles. The molecule has 0 amide bonds. The molecule has 2 aromatic rings. The molecule has 0 aliphatic heterocycles. The van der Waals surface area contributed by atoms with Gasteiger partial charge in [-0.05, 0) is 94.2 Å². The number of hydrogen-bond acceptors (Lipinski definition) is 1. The maximum absolute atomic E-state index is 13.1. The first-order valence-electron chi connectivity index (χ1n) is 10.6. The van der Waals surface area contributed by atoms with Gasteiger partial charge in [-0.25, -0.2) is 0 Å². The summed E-state index contributed by atoms with van der Waals surface area (Å²) in [7, 11) is 2.86. The molecule has 32 heavy (non-hydrogen) atoms. The number of rotatable bonds is 5. The van der Waals surface area contributed by atoms with Crippen LogP contribution < -0.4 is 10.6 Å². The number of hydrogen-bond donors (Lipinski definition) is 0. The molecule has 8 heteroatoms. The van der Waals surface area contributed by atoms with Crippen molar-refractivity contribution in [2.45, 2.75) is 50.7 Å². The van der Waals surface area contributed by atoms with Crippen molar-refractivity contribution in [1.29, 1.82) is 0 Å². The molecule has 2 unspecified atom stereocenters. The summed E-state index contributed by atoms with van der Waals surface area (Å²) in [6.45, 7) is 4.29. The topological polar surface area (TPSA) is 3.24 Å². The van der Waals surface area contributed by atoms with Crippen molar-refractivity contribution in [3.05, 3.63) is 59.7 Å². The highest BCUT2D eigenvalue weighted by atomic mass is 31.1. The van der Waals surface area contributed by atoms with Gasteiger partial charge < -0.3 is 4.90 Å². The van der Waals surface area contributed by atoms with E-state index in [0.717, 1.165) is 47.7 Å². The highest BCUT2D eigenvalue weighted by Crippen LogP contribution is 2.54. The number of halogens is 6. The highest BCUT2D eigenvalue weighted by Gasteiger charge is 2.43. The van der Waals surface area contributed by atoms with Crippen LogP contribution >= 0.6 is 7.92 Å². The minimum atomic E-state index is -4.43. The third-order valence-corrected chi connectivity index (χ3v) is 9.85. The Morgan fingerprint density at radius 2 is 1.19 bits per heavy atom. The molecular formula is C24H28F6NP. The molecule has 0 heterocycles. The van der Waals surface area contributed by atoms with Crippen LogP contribution in [0, 0.1) is 11.8 Å². The van der Waals surface area contributed by atoms with Crippen molar-refractivity contribution in [2.24, 2.45) is 11.8 Å². The van der Waals surface area contributed by atoms with Gasteiger partial charge in [0.05, 0.1) is 11.1 Å². The Hall–Kier alpha value is -1.59. The van der Waals surface area contributed by atoms with Crippen molar-refractivity contribution in [2.75, 3.05) is 14.1 Å². The van der Waals surface area contributed by atoms with Gasteiger partial charge in [0.25, 0.3) is 0 Å². The van der Waals surface area contributed by atoms with Gasteiger partial charge in [-0.2, -0.15) is 26.3 Å². The van der Waals surface area contributed by atoms with Crippen LogP contribution in [0.4, 0.5) is 26.3 Å². The van der Waals surface area contributed by atoms with E-state index in [4.69, 9.17) is 0 Å². The van der Waals surface area contributed by atoms with Crippen molar-refractivity contribution < 1.29 is 26.3 Å². The maximum Gasteiger partial charge on any atom is 0.416 e. The molecule has 4 atom stereocenters. The summed E-state index contributed by atoms with van der Waals surface area (Å²) in [5, 5.41) is 1.53. The lowest BCUT2D eigenvalue weighted by atomic mass is 9.97. The monoisotopic (exact) mass is 475 g/mol. The standard InChI is InChI=1S/C24H28F6NP/c1-15-5-14-21(16(2)31(3)4)22(15)32(19-10-6-17(7-11-19)23(25,26)27)20-12-8-18(9-13-20)24(28,29)30/h6-13,15-16,21-22H,5,14H2,1-4H3/t15-,16+,21?,22?/m0/s1.